The molecular weight excluding hydrogens is 460 g/mol. The molecular formula is C16H16Br2N2O3S. The minimum atomic E-state index is -3.79. The number of benzene rings is 2. The SMILES string of the molecule is Cc1ccc(NC(=O)CN(C)S(=O)(=O)c2cc(Br)ccc2Br)cc1. The van der Waals surface area contributed by atoms with Gasteiger partial charge in [0.25, 0.3) is 0 Å². The quantitative estimate of drug-likeness (QED) is 0.715. The van der Waals surface area contributed by atoms with Gasteiger partial charge in [0.15, 0.2) is 0 Å². The van der Waals surface area contributed by atoms with Crippen LogP contribution in [0.1, 0.15) is 5.56 Å². The number of aryl methyl sites for hydroxylation is 1. The highest BCUT2D eigenvalue weighted by molar-refractivity contribution is 9.11. The van der Waals surface area contributed by atoms with Crippen molar-refractivity contribution in [3.8, 4) is 0 Å². The van der Waals surface area contributed by atoms with Crippen LogP contribution in [0.3, 0.4) is 0 Å². The molecule has 1 amide bonds. The van der Waals surface area contributed by atoms with Crippen LogP contribution < -0.4 is 5.32 Å². The van der Waals surface area contributed by atoms with Gasteiger partial charge in [-0.25, -0.2) is 8.42 Å². The minimum absolute atomic E-state index is 0.0995. The van der Waals surface area contributed by atoms with Crippen molar-refractivity contribution in [1.29, 1.82) is 0 Å². The van der Waals surface area contributed by atoms with Crippen LogP contribution in [0.4, 0.5) is 5.69 Å². The van der Waals surface area contributed by atoms with Gasteiger partial charge in [0.2, 0.25) is 15.9 Å². The molecule has 0 aliphatic rings. The van der Waals surface area contributed by atoms with Gasteiger partial charge in [0, 0.05) is 21.7 Å². The average Bonchev–Trinajstić information content (AvgIpc) is 2.51. The third-order valence-corrected chi connectivity index (χ3v) is 6.57. The number of amides is 1. The van der Waals surface area contributed by atoms with E-state index in [0.29, 0.717) is 14.6 Å². The summed E-state index contributed by atoms with van der Waals surface area (Å²) >= 11 is 6.49. The van der Waals surface area contributed by atoms with Crippen LogP contribution in [0.2, 0.25) is 0 Å². The molecule has 0 aromatic heterocycles. The Hall–Kier alpha value is -1.22. The van der Waals surface area contributed by atoms with Crippen LogP contribution in [-0.4, -0.2) is 32.2 Å². The monoisotopic (exact) mass is 474 g/mol. The highest BCUT2D eigenvalue weighted by atomic mass is 79.9. The molecule has 1 N–H and O–H groups in total. The van der Waals surface area contributed by atoms with E-state index in [0.717, 1.165) is 9.87 Å². The van der Waals surface area contributed by atoms with E-state index in [1.54, 1.807) is 24.3 Å². The average molecular weight is 476 g/mol. The molecule has 0 unspecified atom stereocenters. The molecule has 0 radical (unpaired) electrons. The van der Waals surface area contributed by atoms with Gasteiger partial charge in [-0.05, 0) is 53.2 Å². The molecule has 0 bridgehead atoms. The standard InChI is InChI=1S/C16H16Br2N2O3S/c1-11-3-6-13(7-4-11)19-16(21)10-20(2)24(22,23)15-9-12(17)5-8-14(15)18/h3-9H,10H2,1-2H3,(H,19,21). The van der Waals surface area contributed by atoms with Crippen molar-refractivity contribution < 1.29 is 13.2 Å². The molecule has 24 heavy (non-hydrogen) atoms. The van der Waals surface area contributed by atoms with Gasteiger partial charge < -0.3 is 5.32 Å². The Balaban J connectivity index is 2.12. The lowest BCUT2D eigenvalue weighted by molar-refractivity contribution is -0.116. The third-order valence-electron chi connectivity index (χ3n) is 3.28. The summed E-state index contributed by atoms with van der Waals surface area (Å²) in [7, 11) is -2.42. The van der Waals surface area contributed by atoms with E-state index in [9.17, 15) is 13.2 Å². The van der Waals surface area contributed by atoms with Crippen LogP contribution in [0.5, 0.6) is 0 Å². The molecule has 2 aromatic carbocycles. The minimum Gasteiger partial charge on any atom is -0.325 e. The number of sulfonamides is 1. The fourth-order valence-electron chi connectivity index (χ4n) is 1.97. The van der Waals surface area contributed by atoms with Crippen molar-refractivity contribution in [2.75, 3.05) is 18.9 Å². The molecule has 2 rings (SSSR count). The lowest BCUT2D eigenvalue weighted by atomic mass is 10.2. The summed E-state index contributed by atoms with van der Waals surface area (Å²) in [5.74, 6) is -0.406. The van der Waals surface area contributed by atoms with Crippen molar-refractivity contribution >= 4 is 53.5 Å². The van der Waals surface area contributed by atoms with Crippen LogP contribution in [0.15, 0.2) is 56.3 Å². The maximum Gasteiger partial charge on any atom is 0.244 e. The van der Waals surface area contributed by atoms with Crippen LogP contribution >= 0.6 is 31.9 Å². The van der Waals surface area contributed by atoms with E-state index in [2.05, 4.69) is 37.2 Å². The summed E-state index contributed by atoms with van der Waals surface area (Å²) < 4.78 is 27.4. The number of carbonyl (C=O) groups excluding carboxylic acids is 1. The van der Waals surface area contributed by atoms with Crippen molar-refractivity contribution in [1.82, 2.24) is 4.31 Å². The van der Waals surface area contributed by atoms with E-state index in [1.165, 1.54) is 13.1 Å². The molecule has 0 saturated heterocycles. The summed E-state index contributed by atoms with van der Waals surface area (Å²) in [4.78, 5) is 12.2. The molecule has 2 aromatic rings. The molecule has 128 valence electrons. The Labute approximate surface area is 158 Å². The largest absolute Gasteiger partial charge is 0.325 e. The molecule has 0 saturated carbocycles. The van der Waals surface area contributed by atoms with Crippen LogP contribution in [0.25, 0.3) is 0 Å². The molecule has 5 nitrogen and oxygen atoms in total. The summed E-state index contributed by atoms with van der Waals surface area (Å²) in [6.45, 7) is 1.66. The molecule has 0 spiro atoms. The molecule has 0 aliphatic heterocycles. The number of hydrogen-bond donors (Lipinski definition) is 1. The van der Waals surface area contributed by atoms with Gasteiger partial charge in [-0.1, -0.05) is 33.6 Å². The first-order chi connectivity index (χ1) is 11.2. The highest BCUT2D eigenvalue weighted by Crippen LogP contribution is 2.27. The van der Waals surface area contributed by atoms with Crippen molar-refractivity contribution in [2.45, 2.75) is 11.8 Å². The summed E-state index contributed by atoms with van der Waals surface area (Å²) in [5.41, 5.74) is 1.70. The zero-order valence-corrected chi connectivity index (χ0v) is 17.1. The first-order valence-corrected chi connectivity index (χ1v) is 10.0. The maximum absolute atomic E-state index is 12.6. The normalized spacial score (nSPS) is 11.5. The van der Waals surface area contributed by atoms with E-state index >= 15 is 0 Å². The molecule has 8 heteroatoms. The fourth-order valence-corrected chi connectivity index (χ4v) is 4.55. The lowest BCUT2D eigenvalue weighted by Crippen LogP contribution is -2.35. The second-order valence-electron chi connectivity index (χ2n) is 5.25. The Morgan fingerprint density at radius 2 is 1.75 bits per heavy atom. The number of halogens is 2. The first kappa shape index (κ1) is 19.1. The van der Waals surface area contributed by atoms with Gasteiger partial charge in [-0.15, -0.1) is 0 Å². The molecule has 0 heterocycles. The van der Waals surface area contributed by atoms with Crippen molar-refractivity contribution in [3.05, 3.63) is 57.0 Å². The lowest BCUT2D eigenvalue weighted by Gasteiger charge is -2.18. The summed E-state index contributed by atoms with van der Waals surface area (Å²) in [6, 6.07) is 12.1. The van der Waals surface area contributed by atoms with Gasteiger partial charge in [-0.3, -0.25) is 4.79 Å². The number of likely N-dealkylation sites (N-methyl/N-ethyl adjacent to an activating group) is 1. The summed E-state index contributed by atoms with van der Waals surface area (Å²) in [5, 5.41) is 2.68. The maximum atomic E-state index is 12.6. The van der Waals surface area contributed by atoms with Crippen molar-refractivity contribution in [2.24, 2.45) is 0 Å². The predicted molar refractivity (Wildman–Crippen MR) is 101 cm³/mol. The zero-order chi connectivity index (χ0) is 17.9. The van der Waals surface area contributed by atoms with E-state index < -0.39 is 15.9 Å². The topological polar surface area (TPSA) is 66.5 Å². The summed E-state index contributed by atoms with van der Waals surface area (Å²) in [6.07, 6.45) is 0. The second kappa shape index (κ2) is 7.77. The smallest absolute Gasteiger partial charge is 0.244 e. The van der Waals surface area contributed by atoms with Crippen LogP contribution in [-0.2, 0) is 14.8 Å². The first-order valence-electron chi connectivity index (χ1n) is 6.98. The molecule has 0 atom stereocenters. The van der Waals surface area contributed by atoms with Gasteiger partial charge >= 0.3 is 0 Å². The highest BCUT2D eigenvalue weighted by Gasteiger charge is 2.25. The molecule has 0 aliphatic carbocycles. The van der Waals surface area contributed by atoms with Gasteiger partial charge in [0.1, 0.15) is 0 Å². The number of nitrogens with zero attached hydrogens (tertiary/aromatic N) is 1. The number of carbonyl (C=O) groups is 1. The fraction of sp³-hybridized carbons (Fsp3) is 0.188. The number of anilines is 1. The van der Waals surface area contributed by atoms with Gasteiger partial charge in [0.05, 0.1) is 11.4 Å². The number of rotatable bonds is 5. The third kappa shape index (κ3) is 4.66. The van der Waals surface area contributed by atoms with Crippen molar-refractivity contribution in [3.63, 3.8) is 0 Å². The van der Waals surface area contributed by atoms with E-state index in [4.69, 9.17) is 0 Å². The Morgan fingerprint density at radius 1 is 1.12 bits per heavy atom. The van der Waals surface area contributed by atoms with Gasteiger partial charge in [-0.2, -0.15) is 4.31 Å². The van der Waals surface area contributed by atoms with E-state index in [-0.39, 0.29) is 11.4 Å². The van der Waals surface area contributed by atoms with Crippen LogP contribution in [0, 0.1) is 6.92 Å². The Morgan fingerprint density at radius 3 is 2.38 bits per heavy atom. The molecule has 0 fully saturated rings. The Bertz CT molecular complexity index is 852. The Kier molecular flexibility index (Phi) is 6.19. The predicted octanol–water partition coefficient (Wildman–Crippen LogP) is 3.78. The number of nitrogens with one attached hydrogen (secondary N) is 1. The van der Waals surface area contributed by atoms with E-state index in [1.807, 2.05) is 19.1 Å². The second-order valence-corrected chi connectivity index (χ2v) is 9.03. The zero-order valence-electron chi connectivity index (χ0n) is 13.1. The number of hydrogen-bond acceptors (Lipinski definition) is 3.